The molecule has 2 rings (SSSR count). The molecule has 2 aromatic rings. The minimum Gasteiger partial charge on any atom is -0.316 e. The van der Waals surface area contributed by atoms with E-state index in [1.54, 1.807) is 19.2 Å². The van der Waals surface area contributed by atoms with E-state index < -0.39 is 15.8 Å². The van der Waals surface area contributed by atoms with Crippen molar-refractivity contribution in [2.24, 2.45) is 0 Å². The van der Waals surface area contributed by atoms with Crippen LogP contribution < -0.4 is 10.0 Å². The number of hydrogen-bond donors (Lipinski definition) is 2. The van der Waals surface area contributed by atoms with Crippen molar-refractivity contribution in [3.63, 3.8) is 0 Å². The van der Waals surface area contributed by atoms with Crippen molar-refractivity contribution in [2.75, 3.05) is 11.8 Å². The first-order valence-electron chi connectivity index (χ1n) is 5.89. The topological polar surface area (TPSA) is 71.1 Å². The molecule has 0 fully saturated rings. The number of pyridine rings is 1. The summed E-state index contributed by atoms with van der Waals surface area (Å²) in [7, 11) is -2.25. The van der Waals surface area contributed by atoms with Gasteiger partial charge >= 0.3 is 0 Å². The van der Waals surface area contributed by atoms with Crippen LogP contribution in [-0.2, 0) is 16.6 Å². The van der Waals surface area contributed by atoms with Gasteiger partial charge in [-0.3, -0.25) is 9.71 Å². The maximum absolute atomic E-state index is 13.8. The van der Waals surface area contributed by atoms with Crippen LogP contribution in [0.5, 0.6) is 0 Å². The van der Waals surface area contributed by atoms with E-state index in [9.17, 15) is 12.8 Å². The second-order valence-corrected chi connectivity index (χ2v) is 5.79. The van der Waals surface area contributed by atoms with E-state index in [-0.39, 0.29) is 10.6 Å². The Balaban J connectivity index is 2.36. The van der Waals surface area contributed by atoms with Crippen molar-refractivity contribution in [1.82, 2.24) is 10.3 Å². The highest BCUT2D eigenvalue weighted by atomic mass is 32.2. The third kappa shape index (κ3) is 3.31. The standard InChI is InChI=1S/C13H14FN3O2S/c1-15-8-10-4-5-12(14)13(7-10)20(18,19)17-11-3-2-6-16-9-11/h2-7,9,15,17H,8H2,1H3. The maximum atomic E-state index is 13.8. The average molecular weight is 295 g/mol. The van der Waals surface area contributed by atoms with Gasteiger partial charge in [-0.1, -0.05) is 6.07 Å². The van der Waals surface area contributed by atoms with E-state index in [0.717, 1.165) is 6.07 Å². The predicted octanol–water partition coefficient (Wildman–Crippen LogP) is 1.74. The van der Waals surface area contributed by atoms with Gasteiger partial charge in [0.25, 0.3) is 10.0 Å². The number of rotatable bonds is 5. The summed E-state index contributed by atoms with van der Waals surface area (Å²) < 4.78 is 40.4. The summed E-state index contributed by atoms with van der Waals surface area (Å²) in [4.78, 5) is 3.42. The Morgan fingerprint density at radius 2 is 2.10 bits per heavy atom. The molecule has 20 heavy (non-hydrogen) atoms. The van der Waals surface area contributed by atoms with E-state index in [0.29, 0.717) is 12.1 Å². The Labute approximate surface area is 116 Å². The molecule has 5 nitrogen and oxygen atoms in total. The second-order valence-electron chi connectivity index (χ2n) is 4.14. The zero-order chi connectivity index (χ0) is 14.6. The fraction of sp³-hybridized carbons (Fsp3) is 0.154. The van der Waals surface area contributed by atoms with Gasteiger partial charge < -0.3 is 5.32 Å². The predicted molar refractivity (Wildman–Crippen MR) is 74.2 cm³/mol. The first kappa shape index (κ1) is 14.4. The molecule has 0 atom stereocenters. The lowest BCUT2D eigenvalue weighted by molar-refractivity contribution is 0.569. The SMILES string of the molecule is CNCc1ccc(F)c(S(=O)(=O)Nc2cccnc2)c1. The lowest BCUT2D eigenvalue weighted by Gasteiger charge is -2.10. The zero-order valence-corrected chi connectivity index (χ0v) is 11.6. The minimum absolute atomic E-state index is 0.283. The molecule has 2 N–H and O–H groups in total. The van der Waals surface area contributed by atoms with Crippen molar-refractivity contribution >= 4 is 15.7 Å². The fourth-order valence-corrected chi connectivity index (χ4v) is 2.87. The van der Waals surface area contributed by atoms with E-state index in [1.165, 1.54) is 24.5 Å². The number of halogens is 1. The van der Waals surface area contributed by atoms with Crippen molar-refractivity contribution in [3.05, 3.63) is 54.1 Å². The van der Waals surface area contributed by atoms with Crippen LogP contribution in [0.4, 0.5) is 10.1 Å². The van der Waals surface area contributed by atoms with Gasteiger partial charge in [-0.25, -0.2) is 12.8 Å². The third-order valence-corrected chi connectivity index (χ3v) is 3.98. The largest absolute Gasteiger partial charge is 0.316 e. The van der Waals surface area contributed by atoms with Crippen LogP contribution in [0.2, 0.25) is 0 Å². The molecule has 0 bridgehead atoms. The molecule has 1 heterocycles. The van der Waals surface area contributed by atoms with Gasteiger partial charge in [0.15, 0.2) is 0 Å². The highest BCUT2D eigenvalue weighted by Gasteiger charge is 2.19. The average Bonchev–Trinajstić information content (AvgIpc) is 2.42. The molecule has 0 saturated heterocycles. The molecule has 0 amide bonds. The molecule has 7 heteroatoms. The molecule has 106 valence electrons. The number of benzene rings is 1. The number of hydrogen-bond acceptors (Lipinski definition) is 4. The minimum atomic E-state index is -3.98. The monoisotopic (exact) mass is 295 g/mol. The van der Waals surface area contributed by atoms with E-state index in [4.69, 9.17) is 0 Å². The Kier molecular flexibility index (Phi) is 4.31. The maximum Gasteiger partial charge on any atom is 0.264 e. The second kappa shape index (κ2) is 5.98. The summed E-state index contributed by atoms with van der Waals surface area (Å²) in [6.45, 7) is 0.454. The molecule has 0 saturated carbocycles. The van der Waals surface area contributed by atoms with Crippen molar-refractivity contribution < 1.29 is 12.8 Å². The van der Waals surface area contributed by atoms with Crippen LogP contribution >= 0.6 is 0 Å². The van der Waals surface area contributed by atoms with Gasteiger partial charge in [-0.15, -0.1) is 0 Å². The molecule has 0 unspecified atom stereocenters. The van der Waals surface area contributed by atoms with Gasteiger partial charge in [0.05, 0.1) is 11.9 Å². The van der Waals surface area contributed by atoms with E-state index >= 15 is 0 Å². The number of aromatic nitrogens is 1. The number of anilines is 1. The lowest BCUT2D eigenvalue weighted by Crippen LogP contribution is -2.16. The molecule has 0 spiro atoms. The van der Waals surface area contributed by atoms with Gasteiger partial charge in [-0.05, 0) is 36.9 Å². The summed E-state index contributed by atoms with van der Waals surface area (Å²) in [5.41, 5.74) is 0.964. The first-order chi connectivity index (χ1) is 9.53. The Bertz CT molecular complexity index is 690. The highest BCUT2D eigenvalue weighted by molar-refractivity contribution is 7.92. The quantitative estimate of drug-likeness (QED) is 0.881. The summed E-state index contributed by atoms with van der Waals surface area (Å²) in [5, 5.41) is 2.88. The van der Waals surface area contributed by atoms with Crippen LogP contribution in [0.3, 0.4) is 0 Å². The Morgan fingerprint density at radius 1 is 1.30 bits per heavy atom. The first-order valence-corrected chi connectivity index (χ1v) is 7.37. The van der Waals surface area contributed by atoms with E-state index in [1.807, 2.05) is 0 Å². The van der Waals surface area contributed by atoms with Crippen LogP contribution in [0.15, 0.2) is 47.6 Å². The van der Waals surface area contributed by atoms with Crippen LogP contribution in [0.1, 0.15) is 5.56 Å². The Hall–Kier alpha value is -1.99. The van der Waals surface area contributed by atoms with Crippen molar-refractivity contribution in [1.29, 1.82) is 0 Å². The van der Waals surface area contributed by atoms with Gasteiger partial charge in [0, 0.05) is 12.7 Å². The molecule has 0 aliphatic rings. The van der Waals surface area contributed by atoms with Crippen LogP contribution in [-0.4, -0.2) is 20.4 Å². The summed E-state index contributed by atoms with van der Waals surface area (Å²) >= 11 is 0. The summed E-state index contributed by atoms with van der Waals surface area (Å²) in [5.74, 6) is -0.791. The molecule has 1 aromatic heterocycles. The molecule has 1 aromatic carbocycles. The molecule has 0 radical (unpaired) electrons. The molecule has 0 aliphatic carbocycles. The summed E-state index contributed by atoms with van der Waals surface area (Å²) in [6.07, 6.45) is 2.87. The number of sulfonamides is 1. The lowest BCUT2D eigenvalue weighted by atomic mass is 10.2. The van der Waals surface area contributed by atoms with E-state index in [2.05, 4.69) is 15.0 Å². The molecular formula is C13H14FN3O2S. The number of nitrogens with zero attached hydrogens (tertiary/aromatic N) is 1. The van der Waals surface area contributed by atoms with Gasteiger partial charge in [-0.2, -0.15) is 0 Å². The van der Waals surface area contributed by atoms with Crippen LogP contribution in [0.25, 0.3) is 0 Å². The highest BCUT2D eigenvalue weighted by Crippen LogP contribution is 2.19. The molecular weight excluding hydrogens is 281 g/mol. The van der Waals surface area contributed by atoms with Gasteiger partial charge in [0.1, 0.15) is 10.7 Å². The smallest absolute Gasteiger partial charge is 0.264 e. The van der Waals surface area contributed by atoms with Crippen molar-refractivity contribution in [2.45, 2.75) is 11.4 Å². The Morgan fingerprint density at radius 3 is 2.75 bits per heavy atom. The fourth-order valence-electron chi connectivity index (χ4n) is 1.70. The van der Waals surface area contributed by atoms with Crippen LogP contribution in [0, 0.1) is 5.82 Å². The number of nitrogens with one attached hydrogen (secondary N) is 2. The zero-order valence-electron chi connectivity index (χ0n) is 10.8. The van der Waals surface area contributed by atoms with Crippen molar-refractivity contribution in [3.8, 4) is 0 Å². The van der Waals surface area contributed by atoms with Gasteiger partial charge in [0.2, 0.25) is 0 Å². The normalized spacial score (nSPS) is 11.3. The third-order valence-electron chi connectivity index (χ3n) is 2.58. The molecule has 0 aliphatic heterocycles. The summed E-state index contributed by atoms with van der Waals surface area (Å²) in [6, 6.07) is 7.12.